The fraction of sp³-hybridized carbons (Fsp3) is 0.200. The molecule has 1 rings (SSSR count). The third-order valence-corrected chi connectivity index (χ3v) is 1.80. The highest BCUT2D eigenvalue weighted by Crippen LogP contribution is 2.09. The number of anilines is 1. The molecule has 0 saturated heterocycles. The quantitative estimate of drug-likeness (QED) is 0.709. The number of carboxylic acids is 1. The van der Waals surface area contributed by atoms with Crippen LogP contribution in [0.4, 0.5) is 5.69 Å². The Morgan fingerprint density at radius 2 is 2.00 bits per heavy atom. The molecule has 0 spiro atoms. The van der Waals surface area contributed by atoms with Gasteiger partial charge in [0.15, 0.2) is 0 Å². The van der Waals surface area contributed by atoms with Gasteiger partial charge in [-0.3, -0.25) is 9.59 Å². The number of hydrogen-bond acceptors (Lipinski definition) is 3. The van der Waals surface area contributed by atoms with Crippen LogP contribution < -0.4 is 5.32 Å². The lowest BCUT2D eigenvalue weighted by Crippen LogP contribution is -2.25. The molecule has 0 unspecified atom stereocenters. The van der Waals surface area contributed by atoms with Gasteiger partial charge in [0.2, 0.25) is 0 Å². The van der Waals surface area contributed by atoms with E-state index in [1.807, 2.05) is 0 Å². The second-order valence-electron chi connectivity index (χ2n) is 2.94. The highest BCUT2D eigenvalue weighted by Gasteiger charge is 2.09. The molecule has 2 N–H and O–H groups in total. The maximum atomic E-state index is 10.5. The summed E-state index contributed by atoms with van der Waals surface area (Å²) in [7, 11) is 0. The van der Waals surface area contributed by atoms with Crippen molar-refractivity contribution in [1.29, 1.82) is 0 Å². The Morgan fingerprint density at radius 1 is 1.43 bits per heavy atom. The molecule has 0 aliphatic carbocycles. The predicted molar refractivity (Wildman–Crippen MR) is 52.6 cm³/mol. The summed E-state index contributed by atoms with van der Waals surface area (Å²) in [5.74, 6) is -0.913. The molecule has 1 aromatic carbocycles. The Morgan fingerprint density at radius 3 is 2.43 bits per heavy atom. The predicted octanol–water partition coefficient (Wildman–Crippen LogP) is 1.38. The number of benzene rings is 1. The summed E-state index contributed by atoms with van der Waals surface area (Å²) >= 11 is 0. The molecule has 0 fully saturated rings. The topological polar surface area (TPSA) is 66.4 Å². The van der Waals surface area contributed by atoms with Crippen LogP contribution in [0.25, 0.3) is 0 Å². The number of aldehydes is 1. The second kappa shape index (κ2) is 4.41. The molecule has 0 bridgehead atoms. The summed E-state index contributed by atoms with van der Waals surface area (Å²) in [4.78, 5) is 20.8. The lowest BCUT2D eigenvalue weighted by atomic mass is 10.2. The molecule has 1 atom stereocenters. The first-order valence-electron chi connectivity index (χ1n) is 4.18. The number of carbonyl (C=O) groups is 2. The zero-order valence-corrected chi connectivity index (χ0v) is 7.73. The van der Waals surface area contributed by atoms with Crippen molar-refractivity contribution in [2.24, 2.45) is 0 Å². The Kier molecular flexibility index (Phi) is 3.23. The van der Waals surface area contributed by atoms with Gasteiger partial charge in [0.25, 0.3) is 0 Å². The van der Waals surface area contributed by atoms with Gasteiger partial charge in [-0.05, 0) is 31.2 Å². The first kappa shape index (κ1) is 10.2. The minimum absolute atomic E-state index is 0.568. The van der Waals surface area contributed by atoms with Crippen LogP contribution in [-0.4, -0.2) is 23.4 Å². The normalized spacial score (nSPS) is 11.8. The molecule has 0 aromatic heterocycles. The Bertz CT molecular complexity index is 332. The van der Waals surface area contributed by atoms with Crippen molar-refractivity contribution in [1.82, 2.24) is 0 Å². The average Bonchev–Trinajstić information content (AvgIpc) is 2.19. The standard InChI is InChI=1S/C10H11NO3/c1-7(10(13)14)11-9-4-2-8(6-12)3-5-9/h2-7,11H,1H3,(H,13,14)/t7-/m0/s1. The third kappa shape index (κ3) is 2.58. The van der Waals surface area contributed by atoms with E-state index in [4.69, 9.17) is 5.11 Å². The van der Waals surface area contributed by atoms with Gasteiger partial charge in [0, 0.05) is 11.3 Å². The molecule has 0 amide bonds. The van der Waals surface area contributed by atoms with Gasteiger partial charge in [-0.1, -0.05) is 0 Å². The van der Waals surface area contributed by atoms with Crippen molar-refractivity contribution in [2.75, 3.05) is 5.32 Å². The molecule has 0 radical (unpaired) electrons. The second-order valence-corrected chi connectivity index (χ2v) is 2.94. The number of aliphatic carboxylic acids is 1. The van der Waals surface area contributed by atoms with Crippen LogP contribution in [0, 0.1) is 0 Å². The van der Waals surface area contributed by atoms with Crippen LogP contribution in [-0.2, 0) is 4.79 Å². The number of rotatable bonds is 4. The van der Waals surface area contributed by atoms with E-state index in [1.165, 1.54) is 0 Å². The van der Waals surface area contributed by atoms with Gasteiger partial charge in [-0.15, -0.1) is 0 Å². The van der Waals surface area contributed by atoms with Crippen LogP contribution in [0.5, 0.6) is 0 Å². The van der Waals surface area contributed by atoms with Crippen molar-refractivity contribution in [3.63, 3.8) is 0 Å². The molecule has 0 heterocycles. The number of carboxylic acid groups (broad SMARTS) is 1. The maximum Gasteiger partial charge on any atom is 0.325 e. The van der Waals surface area contributed by atoms with E-state index >= 15 is 0 Å². The Labute approximate surface area is 81.6 Å². The summed E-state index contributed by atoms with van der Waals surface area (Å²) in [6, 6.07) is 5.96. The number of hydrogen-bond donors (Lipinski definition) is 2. The van der Waals surface area contributed by atoms with Gasteiger partial charge >= 0.3 is 5.97 Å². The van der Waals surface area contributed by atoms with Crippen molar-refractivity contribution in [3.05, 3.63) is 29.8 Å². The average molecular weight is 193 g/mol. The van der Waals surface area contributed by atoms with Gasteiger partial charge in [-0.2, -0.15) is 0 Å². The molecule has 4 heteroatoms. The van der Waals surface area contributed by atoms with Gasteiger partial charge < -0.3 is 10.4 Å². The van der Waals surface area contributed by atoms with Crippen LogP contribution in [0.3, 0.4) is 0 Å². The molecule has 0 saturated carbocycles. The summed E-state index contributed by atoms with van der Waals surface area (Å²) in [5.41, 5.74) is 1.25. The van der Waals surface area contributed by atoms with E-state index in [2.05, 4.69) is 5.32 Å². The molecular weight excluding hydrogens is 182 g/mol. The minimum Gasteiger partial charge on any atom is -0.480 e. The molecule has 14 heavy (non-hydrogen) atoms. The number of carbonyl (C=O) groups excluding carboxylic acids is 1. The fourth-order valence-electron chi connectivity index (χ4n) is 0.970. The Hall–Kier alpha value is -1.84. The molecule has 74 valence electrons. The highest BCUT2D eigenvalue weighted by molar-refractivity contribution is 5.78. The lowest BCUT2D eigenvalue weighted by molar-refractivity contribution is -0.137. The zero-order valence-electron chi connectivity index (χ0n) is 7.73. The fourth-order valence-corrected chi connectivity index (χ4v) is 0.970. The molecule has 4 nitrogen and oxygen atoms in total. The molecule has 0 aliphatic heterocycles. The van der Waals surface area contributed by atoms with E-state index in [-0.39, 0.29) is 0 Å². The first-order chi connectivity index (χ1) is 6.63. The lowest BCUT2D eigenvalue weighted by Gasteiger charge is -2.10. The van der Waals surface area contributed by atoms with Gasteiger partial charge in [0.1, 0.15) is 12.3 Å². The van der Waals surface area contributed by atoms with E-state index in [0.29, 0.717) is 11.3 Å². The molecular formula is C10H11NO3. The largest absolute Gasteiger partial charge is 0.480 e. The Balaban J connectivity index is 2.68. The summed E-state index contributed by atoms with van der Waals surface area (Å²) in [6.07, 6.45) is 0.740. The highest BCUT2D eigenvalue weighted by atomic mass is 16.4. The van der Waals surface area contributed by atoms with E-state index in [0.717, 1.165) is 6.29 Å². The molecule has 1 aromatic rings. The summed E-state index contributed by atoms with van der Waals surface area (Å²) < 4.78 is 0. The SMILES string of the molecule is C[C@H](Nc1ccc(C=O)cc1)C(=O)O. The first-order valence-corrected chi connectivity index (χ1v) is 4.18. The van der Waals surface area contributed by atoms with E-state index in [9.17, 15) is 9.59 Å². The zero-order chi connectivity index (χ0) is 10.6. The smallest absolute Gasteiger partial charge is 0.325 e. The summed E-state index contributed by atoms with van der Waals surface area (Å²) in [6.45, 7) is 1.55. The van der Waals surface area contributed by atoms with Crippen molar-refractivity contribution in [2.45, 2.75) is 13.0 Å². The van der Waals surface area contributed by atoms with Crippen LogP contribution in [0.2, 0.25) is 0 Å². The van der Waals surface area contributed by atoms with E-state index < -0.39 is 12.0 Å². The van der Waals surface area contributed by atoms with Gasteiger partial charge in [-0.25, -0.2) is 0 Å². The summed E-state index contributed by atoms with van der Waals surface area (Å²) in [5, 5.41) is 11.4. The third-order valence-electron chi connectivity index (χ3n) is 1.80. The molecule has 0 aliphatic rings. The van der Waals surface area contributed by atoms with E-state index in [1.54, 1.807) is 31.2 Å². The van der Waals surface area contributed by atoms with Crippen molar-refractivity contribution < 1.29 is 14.7 Å². The number of nitrogens with one attached hydrogen (secondary N) is 1. The van der Waals surface area contributed by atoms with Crippen molar-refractivity contribution >= 4 is 17.9 Å². The minimum atomic E-state index is -0.913. The van der Waals surface area contributed by atoms with Crippen LogP contribution in [0.15, 0.2) is 24.3 Å². The van der Waals surface area contributed by atoms with Crippen molar-refractivity contribution in [3.8, 4) is 0 Å². The monoisotopic (exact) mass is 193 g/mol. The van der Waals surface area contributed by atoms with Gasteiger partial charge in [0.05, 0.1) is 0 Å². The van der Waals surface area contributed by atoms with Crippen LogP contribution >= 0.6 is 0 Å². The maximum absolute atomic E-state index is 10.5. The van der Waals surface area contributed by atoms with Crippen LogP contribution in [0.1, 0.15) is 17.3 Å².